The summed E-state index contributed by atoms with van der Waals surface area (Å²) in [6.45, 7) is 3.47. The Hall–Kier alpha value is -2.37. The number of anilines is 1. The van der Waals surface area contributed by atoms with Crippen LogP contribution in [-0.4, -0.2) is 34.8 Å². The highest BCUT2D eigenvalue weighted by Gasteiger charge is 2.40. The molecule has 1 amide bonds. The Morgan fingerprint density at radius 2 is 2.44 bits per heavy atom. The number of hydrogen-bond donors (Lipinski definition) is 1. The third-order valence-electron chi connectivity index (χ3n) is 2.63. The van der Waals surface area contributed by atoms with Crippen LogP contribution in [0.2, 0.25) is 0 Å². The van der Waals surface area contributed by atoms with Crippen LogP contribution < -0.4 is 4.90 Å². The number of rotatable bonds is 3. The lowest BCUT2D eigenvalue weighted by Gasteiger charge is -2.21. The Morgan fingerprint density at radius 3 is 3.11 bits per heavy atom. The quantitative estimate of drug-likeness (QED) is 0.813. The molecule has 2 heterocycles. The van der Waals surface area contributed by atoms with Gasteiger partial charge in [-0.1, -0.05) is 12.7 Å². The Morgan fingerprint density at radius 1 is 1.67 bits per heavy atom. The van der Waals surface area contributed by atoms with E-state index in [-0.39, 0.29) is 13.0 Å². The number of carboxylic acid groups (broad SMARTS) is 1. The zero-order valence-corrected chi connectivity index (χ0v) is 9.57. The van der Waals surface area contributed by atoms with Gasteiger partial charge in [-0.15, -0.1) is 0 Å². The Labute approximate surface area is 104 Å². The maximum atomic E-state index is 11.8. The molecule has 0 bridgehead atoms. The smallest absolute Gasteiger partial charge is 0.415 e. The average Bonchev–Trinajstić information content (AvgIpc) is 2.75. The van der Waals surface area contributed by atoms with E-state index < -0.39 is 18.1 Å². The number of amides is 1. The molecule has 1 N–H and O–H groups in total. The summed E-state index contributed by atoms with van der Waals surface area (Å²) >= 11 is 0. The van der Waals surface area contributed by atoms with Gasteiger partial charge < -0.3 is 9.84 Å². The summed E-state index contributed by atoms with van der Waals surface area (Å²) in [4.78, 5) is 28.2. The number of nitrogens with zero attached hydrogens (tertiary/aromatic N) is 2. The van der Waals surface area contributed by atoms with Gasteiger partial charge in [-0.3, -0.25) is 9.88 Å². The minimum absolute atomic E-state index is 0.0390. The lowest BCUT2D eigenvalue weighted by atomic mass is 10.2. The molecule has 0 spiro atoms. The highest BCUT2D eigenvalue weighted by atomic mass is 16.6. The van der Waals surface area contributed by atoms with Crippen LogP contribution in [0.5, 0.6) is 0 Å². The second-order valence-corrected chi connectivity index (χ2v) is 3.76. The molecular formula is C12H12N2O4. The zero-order valence-electron chi connectivity index (χ0n) is 9.57. The lowest BCUT2D eigenvalue weighted by Crippen LogP contribution is -2.43. The Bertz CT molecular complexity index is 501. The van der Waals surface area contributed by atoms with Crippen molar-refractivity contribution in [3.05, 3.63) is 36.7 Å². The fourth-order valence-corrected chi connectivity index (χ4v) is 1.87. The highest BCUT2D eigenvalue weighted by molar-refractivity contribution is 5.98. The minimum Gasteiger partial charge on any atom is -0.480 e. The molecule has 1 aromatic rings. The number of pyridine rings is 1. The van der Waals surface area contributed by atoms with Crippen LogP contribution in [0, 0.1) is 0 Å². The van der Waals surface area contributed by atoms with Gasteiger partial charge in [-0.25, -0.2) is 9.59 Å². The number of fused-ring (bicyclic) bond motifs is 1. The number of hydrogen-bond acceptors (Lipinski definition) is 4. The summed E-state index contributed by atoms with van der Waals surface area (Å²) in [6.07, 6.45) is 2.48. The van der Waals surface area contributed by atoms with Gasteiger partial charge in [0.1, 0.15) is 12.6 Å². The SMILES string of the molecule is C=CCOC(=O)N1c2cccnc2CC1C(=O)O. The molecule has 1 aliphatic rings. The Balaban J connectivity index is 2.31. The first-order valence-corrected chi connectivity index (χ1v) is 5.38. The molecule has 0 saturated heterocycles. The van der Waals surface area contributed by atoms with Gasteiger partial charge in [-0.2, -0.15) is 0 Å². The number of aromatic nitrogens is 1. The number of ether oxygens (including phenoxy) is 1. The van der Waals surface area contributed by atoms with Crippen LogP contribution in [0.3, 0.4) is 0 Å². The number of carbonyl (C=O) groups is 2. The molecule has 1 atom stereocenters. The molecule has 1 aromatic heterocycles. The molecule has 94 valence electrons. The summed E-state index contributed by atoms with van der Waals surface area (Å²) in [7, 11) is 0. The van der Waals surface area contributed by atoms with E-state index in [1.807, 2.05) is 0 Å². The van der Waals surface area contributed by atoms with E-state index in [0.29, 0.717) is 11.4 Å². The van der Waals surface area contributed by atoms with Gasteiger partial charge in [0.2, 0.25) is 0 Å². The van der Waals surface area contributed by atoms with Gasteiger partial charge in [-0.05, 0) is 12.1 Å². The predicted molar refractivity (Wildman–Crippen MR) is 63.4 cm³/mol. The van der Waals surface area contributed by atoms with Crippen molar-refractivity contribution in [1.29, 1.82) is 0 Å². The van der Waals surface area contributed by atoms with E-state index >= 15 is 0 Å². The first-order valence-electron chi connectivity index (χ1n) is 5.38. The van der Waals surface area contributed by atoms with Gasteiger partial charge in [0.25, 0.3) is 0 Å². The molecule has 18 heavy (non-hydrogen) atoms. The van der Waals surface area contributed by atoms with Crippen molar-refractivity contribution in [3.8, 4) is 0 Å². The molecule has 0 fully saturated rings. The standard InChI is InChI=1S/C12H12N2O4/c1-2-6-18-12(17)14-9-4-3-5-13-8(9)7-10(14)11(15)16/h2-5,10H,1,6-7H2,(H,15,16). The molecule has 1 unspecified atom stereocenters. The van der Waals surface area contributed by atoms with E-state index in [1.54, 1.807) is 18.3 Å². The number of aliphatic carboxylic acids is 1. The van der Waals surface area contributed by atoms with Crippen LogP contribution in [0.15, 0.2) is 31.0 Å². The van der Waals surface area contributed by atoms with E-state index in [0.717, 1.165) is 4.90 Å². The van der Waals surface area contributed by atoms with Crippen molar-refractivity contribution in [2.24, 2.45) is 0 Å². The molecular weight excluding hydrogens is 236 g/mol. The molecule has 0 aromatic carbocycles. The normalized spacial score (nSPS) is 17.1. The van der Waals surface area contributed by atoms with Gasteiger partial charge in [0.15, 0.2) is 0 Å². The van der Waals surface area contributed by atoms with Crippen LogP contribution in [0.4, 0.5) is 10.5 Å². The van der Waals surface area contributed by atoms with Gasteiger partial charge in [0.05, 0.1) is 11.4 Å². The predicted octanol–water partition coefficient (Wildman–Crippen LogP) is 1.22. The number of carbonyl (C=O) groups excluding carboxylic acids is 1. The summed E-state index contributed by atoms with van der Waals surface area (Å²) in [5, 5.41) is 9.13. The van der Waals surface area contributed by atoms with E-state index in [1.165, 1.54) is 6.08 Å². The summed E-state index contributed by atoms with van der Waals surface area (Å²) in [5.74, 6) is -1.08. The summed E-state index contributed by atoms with van der Waals surface area (Å²) in [5.41, 5.74) is 1.07. The van der Waals surface area contributed by atoms with Crippen LogP contribution >= 0.6 is 0 Å². The third-order valence-corrected chi connectivity index (χ3v) is 2.63. The first-order chi connectivity index (χ1) is 8.65. The lowest BCUT2D eigenvalue weighted by molar-refractivity contribution is -0.138. The Kier molecular flexibility index (Phi) is 3.27. The maximum Gasteiger partial charge on any atom is 0.415 e. The molecule has 2 rings (SSSR count). The fourth-order valence-electron chi connectivity index (χ4n) is 1.87. The first kappa shape index (κ1) is 12.1. The van der Waals surface area contributed by atoms with Crippen LogP contribution in [0.1, 0.15) is 5.69 Å². The highest BCUT2D eigenvalue weighted by Crippen LogP contribution is 2.31. The zero-order chi connectivity index (χ0) is 13.1. The minimum atomic E-state index is -1.08. The second-order valence-electron chi connectivity index (χ2n) is 3.76. The third kappa shape index (κ3) is 2.04. The monoisotopic (exact) mass is 248 g/mol. The van der Waals surface area contributed by atoms with Crippen molar-refractivity contribution in [1.82, 2.24) is 4.98 Å². The van der Waals surface area contributed by atoms with Crippen molar-refractivity contribution in [2.45, 2.75) is 12.5 Å². The van der Waals surface area contributed by atoms with Crippen LogP contribution in [0.25, 0.3) is 0 Å². The van der Waals surface area contributed by atoms with Crippen molar-refractivity contribution in [3.63, 3.8) is 0 Å². The summed E-state index contributed by atoms with van der Waals surface area (Å²) in [6, 6.07) is 2.34. The summed E-state index contributed by atoms with van der Waals surface area (Å²) < 4.78 is 4.89. The maximum absolute atomic E-state index is 11.8. The fraction of sp³-hybridized carbons (Fsp3) is 0.250. The van der Waals surface area contributed by atoms with Gasteiger partial charge in [0, 0.05) is 12.6 Å². The van der Waals surface area contributed by atoms with Crippen molar-refractivity contribution in [2.75, 3.05) is 11.5 Å². The molecule has 6 nitrogen and oxygen atoms in total. The molecule has 6 heteroatoms. The van der Waals surface area contributed by atoms with Crippen LogP contribution in [-0.2, 0) is 16.0 Å². The van der Waals surface area contributed by atoms with Gasteiger partial charge >= 0.3 is 12.1 Å². The van der Waals surface area contributed by atoms with Crippen molar-refractivity contribution < 1.29 is 19.4 Å². The van der Waals surface area contributed by atoms with E-state index in [2.05, 4.69) is 11.6 Å². The number of carboxylic acids is 1. The average molecular weight is 248 g/mol. The van der Waals surface area contributed by atoms with Crippen molar-refractivity contribution >= 4 is 17.7 Å². The molecule has 0 radical (unpaired) electrons. The van der Waals surface area contributed by atoms with E-state index in [9.17, 15) is 9.59 Å². The largest absolute Gasteiger partial charge is 0.480 e. The topological polar surface area (TPSA) is 79.7 Å². The molecule has 0 aliphatic carbocycles. The van der Waals surface area contributed by atoms with E-state index in [4.69, 9.17) is 9.84 Å². The molecule has 0 saturated carbocycles. The second kappa shape index (κ2) is 4.87. The molecule has 1 aliphatic heterocycles.